The number of aromatic nitrogens is 2. The normalized spacial score (nSPS) is 15.3. The third-order valence-corrected chi connectivity index (χ3v) is 15.9. The molecule has 0 radical (unpaired) electrons. The number of ether oxygens (including phenoxy) is 1. The number of nitrogens with zero attached hydrogens (tertiary/aromatic N) is 4. The molecule has 76 heavy (non-hydrogen) atoms. The first-order valence-corrected chi connectivity index (χ1v) is 25.7. The summed E-state index contributed by atoms with van der Waals surface area (Å²) in [4.78, 5) is 10.1. The Hall–Kier alpha value is -8.76. The number of anilines is 4. The van der Waals surface area contributed by atoms with Gasteiger partial charge >= 0.3 is 0 Å². The topological polar surface area (TPSA) is 33.0 Å². The van der Waals surface area contributed by atoms with Gasteiger partial charge in [0.2, 0.25) is 0 Å². The molecule has 1 unspecified atom stereocenters. The van der Waals surface area contributed by atoms with E-state index in [1.807, 2.05) is 24.4 Å². The van der Waals surface area contributed by atoms with Gasteiger partial charge in [0.25, 0.3) is 0 Å². The molecule has 3 aromatic heterocycles. The molecule has 1 atom stereocenters. The molecule has 5 aliphatic rings. The second-order valence-corrected chi connectivity index (χ2v) is 20.4. The SMILES string of the molecule is CC1(C)c2ccc(cc2)-c2cnc3c(c2)c2ccccc2c2ccccc2c2cccc4c5ccc([c-]c5n3c24)Oc2[c-]c(ccc2)N2[CH-]N(c3ccccc32)c2c(cccc2-c2ccccc2)C2=CC=CC1C=C2.[Pt]. The summed E-state index contributed by atoms with van der Waals surface area (Å²) in [5.41, 5.74) is 14.6. The molecule has 9 aromatic carbocycles. The summed E-state index contributed by atoms with van der Waals surface area (Å²) < 4.78 is 9.20. The van der Waals surface area contributed by atoms with Crippen LogP contribution in [0.5, 0.6) is 11.5 Å². The van der Waals surface area contributed by atoms with Crippen LogP contribution in [0, 0.1) is 24.7 Å². The van der Waals surface area contributed by atoms with Crippen molar-refractivity contribution < 1.29 is 25.8 Å². The predicted octanol–water partition coefficient (Wildman–Crippen LogP) is 18.2. The van der Waals surface area contributed by atoms with Gasteiger partial charge in [-0.1, -0.05) is 201 Å². The minimum Gasteiger partial charge on any atom is -0.509 e. The van der Waals surface area contributed by atoms with Crippen molar-refractivity contribution in [3.8, 4) is 33.8 Å². The molecule has 0 saturated heterocycles. The van der Waals surface area contributed by atoms with E-state index in [1.165, 1.54) is 10.9 Å². The molecule has 6 heteroatoms. The van der Waals surface area contributed by atoms with Crippen LogP contribution in [0.15, 0.2) is 237 Å². The van der Waals surface area contributed by atoms with E-state index in [0.717, 1.165) is 111 Å². The van der Waals surface area contributed by atoms with Crippen molar-refractivity contribution in [3.05, 3.63) is 267 Å². The number of hydrogen-bond donors (Lipinski definition) is 0. The van der Waals surface area contributed by atoms with Gasteiger partial charge < -0.3 is 18.9 Å². The molecule has 0 amide bonds. The summed E-state index contributed by atoms with van der Waals surface area (Å²) in [7, 11) is 0. The van der Waals surface area contributed by atoms with Crippen LogP contribution in [0.4, 0.5) is 22.7 Å². The molecular weight excluding hydrogens is 1110 g/mol. The molecule has 5 nitrogen and oxygen atoms in total. The van der Waals surface area contributed by atoms with Crippen LogP contribution in [0.2, 0.25) is 0 Å². The van der Waals surface area contributed by atoms with Crippen LogP contribution in [-0.2, 0) is 26.5 Å². The van der Waals surface area contributed by atoms with E-state index in [0.29, 0.717) is 11.5 Å². The molecule has 14 bridgehead atoms. The largest absolute Gasteiger partial charge is 0.509 e. The fraction of sp³-hybridized carbons (Fsp3) is 0.0571. The smallest absolute Gasteiger partial charge is 0.143 e. The van der Waals surface area contributed by atoms with Crippen molar-refractivity contribution in [1.82, 2.24) is 9.38 Å². The third-order valence-electron chi connectivity index (χ3n) is 15.9. The van der Waals surface area contributed by atoms with Gasteiger partial charge in [0, 0.05) is 94.7 Å². The van der Waals surface area contributed by atoms with Crippen LogP contribution in [0.1, 0.15) is 25.0 Å². The molecule has 0 N–H and O–H groups in total. The molecule has 0 spiro atoms. The zero-order valence-electron chi connectivity index (χ0n) is 41.7. The Labute approximate surface area is 455 Å². The average Bonchev–Trinajstić information content (AvgIpc) is 3.93. The number of benzene rings is 9. The molecular formula is C70H47N4OPt-3. The maximum Gasteiger partial charge on any atom is 0.143 e. The minimum atomic E-state index is -0.232. The van der Waals surface area contributed by atoms with E-state index in [-0.39, 0.29) is 32.4 Å². The van der Waals surface area contributed by atoms with Crippen molar-refractivity contribution in [2.75, 3.05) is 9.80 Å². The van der Waals surface area contributed by atoms with Crippen LogP contribution in [-0.4, -0.2) is 9.38 Å². The molecule has 12 aromatic rings. The predicted molar refractivity (Wildman–Crippen MR) is 311 cm³/mol. The Bertz CT molecular complexity index is 4470. The van der Waals surface area contributed by atoms with Crippen molar-refractivity contribution in [3.63, 3.8) is 0 Å². The Morgan fingerprint density at radius 2 is 1.16 bits per heavy atom. The number of rotatable bonds is 1. The van der Waals surface area contributed by atoms with E-state index in [1.54, 1.807) is 0 Å². The van der Waals surface area contributed by atoms with Crippen molar-refractivity contribution in [2.45, 2.75) is 19.3 Å². The van der Waals surface area contributed by atoms with Gasteiger partial charge in [0.15, 0.2) is 0 Å². The molecule has 17 rings (SSSR count). The molecule has 0 saturated carbocycles. The standard InChI is InChI=1S/C70H47N4O.Pt/c1-70(2)49-19-12-18-47(34-37-49)55-27-14-26-54(46-16-4-3-5-17-46)67(55)73-44-72(64-30-10-11-31-65(64)73)51-20-13-21-52(41-51)75-53-38-39-60-62-29-15-28-61-58-24-8-6-22-56(58)57-23-7-9-25-59(57)63-40-48(45-32-35-50(70)36-33-45)43-71-69(63)74(68(61)62)66(60)42-53;/h3-40,43-44,49H,1-2H3;/q-3;. The Morgan fingerprint density at radius 3 is 1.93 bits per heavy atom. The van der Waals surface area contributed by atoms with Gasteiger partial charge in [0.1, 0.15) is 5.65 Å². The van der Waals surface area contributed by atoms with Crippen LogP contribution >= 0.6 is 0 Å². The summed E-state index contributed by atoms with van der Waals surface area (Å²) in [5, 5.41) is 8.94. The van der Waals surface area contributed by atoms with Gasteiger partial charge in [-0.05, 0) is 72.8 Å². The molecule has 0 fully saturated rings. The average molecular weight is 1160 g/mol. The van der Waals surface area contributed by atoms with E-state index in [2.05, 4.69) is 259 Å². The zero-order valence-corrected chi connectivity index (χ0v) is 44.0. The van der Waals surface area contributed by atoms with Gasteiger partial charge in [-0.25, -0.2) is 4.98 Å². The first-order valence-electron chi connectivity index (χ1n) is 25.7. The monoisotopic (exact) mass is 1150 g/mol. The molecule has 1 aliphatic carbocycles. The minimum absolute atomic E-state index is 0. The van der Waals surface area contributed by atoms with Crippen molar-refractivity contribution in [2.24, 2.45) is 5.92 Å². The van der Waals surface area contributed by atoms with Gasteiger partial charge in [-0.2, -0.15) is 12.1 Å². The Morgan fingerprint density at radius 1 is 0.526 bits per heavy atom. The van der Waals surface area contributed by atoms with Gasteiger partial charge in [-0.3, -0.25) is 0 Å². The van der Waals surface area contributed by atoms with Crippen LogP contribution in [0.25, 0.3) is 87.6 Å². The van der Waals surface area contributed by atoms with E-state index in [9.17, 15) is 0 Å². The first kappa shape index (κ1) is 45.8. The summed E-state index contributed by atoms with van der Waals surface area (Å²) in [5.74, 6) is 1.27. The maximum absolute atomic E-state index is 6.88. The first-order chi connectivity index (χ1) is 36.9. The molecule has 7 heterocycles. The Balaban J connectivity index is 0.00000528. The fourth-order valence-electron chi connectivity index (χ4n) is 12.0. The number of para-hydroxylation sites is 4. The summed E-state index contributed by atoms with van der Waals surface area (Å²) in [6.07, 6.45) is 13.6. The third kappa shape index (κ3) is 7.21. The van der Waals surface area contributed by atoms with E-state index < -0.39 is 0 Å². The molecule has 4 aliphatic heterocycles. The van der Waals surface area contributed by atoms with Crippen LogP contribution < -0.4 is 14.5 Å². The van der Waals surface area contributed by atoms with Crippen molar-refractivity contribution in [1.29, 1.82) is 0 Å². The summed E-state index contributed by atoms with van der Waals surface area (Å²) in [6, 6.07) is 79.5. The number of allylic oxidation sites excluding steroid dienone is 6. The quantitative estimate of drug-likeness (QED) is 0.153. The van der Waals surface area contributed by atoms with Gasteiger partial charge in [-0.15, -0.1) is 48.1 Å². The van der Waals surface area contributed by atoms with E-state index >= 15 is 0 Å². The zero-order chi connectivity index (χ0) is 49.8. The number of fused-ring (bicyclic) bond motifs is 7. The Kier molecular flexibility index (Phi) is 10.8. The number of pyridine rings is 1. The fourth-order valence-corrected chi connectivity index (χ4v) is 12.0. The number of hydrogen-bond acceptors (Lipinski definition) is 4. The second-order valence-electron chi connectivity index (χ2n) is 20.4. The van der Waals surface area contributed by atoms with Crippen molar-refractivity contribution >= 4 is 88.1 Å². The van der Waals surface area contributed by atoms with Gasteiger partial charge in [0.05, 0.1) is 0 Å². The molecule has 366 valence electrons. The van der Waals surface area contributed by atoms with E-state index in [4.69, 9.17) is 9.72 Å². The second kappa shape index (κ2) is 18.0. The van der Waals surface area contributed by atoms with Crippen LogP contribution in [0.3, 0.4) is 0 Å². The maximum atomic E-state index is 6.88. The summed E-state index contributed by atoms with van der Waals surface area (Å²) in [6.45, 7) is 6.92. The summed E-state index contributed by atoms with van der Waals surface area (Å²) >= 11 is 0.